The summed E-state index contributed by atoms with van der Waals surface area (Å²) in [4.78, 5) is 16.4. The van der Waals surface area contributed by atoms with Crippen LogP contribution in [0.15, 0.2) is 29.3 Å². The lowest BCUT2D eigenvalue weighted by Gasteiger charge is -2.19. The van der Waals surface area contributed by atoms with E-state index in [9.17, 15) is 4.79 Å². The molecule has 166 valence electrons. The fourth-order valence-electron chi connectivity index (χ4n) is 2.39. The minimum Gasteiger partial charge on any atom is -0.444 e. The van der Waals surface area contributed by atoms with Gasteiger partial charge in [0.1, 0.15) is 5.60 Å². The summed E-state index contributed by atoms with van der Waals surface area (Å²) >= 11 is 1.88. The molecule has 0 aromatic heterocycles. The summed E-state index contributed by atoms with van der Waals surface area (Å²) in [6.07, 6.45) is 4.89. The molecule has 29 heavy (non-hydrogen) atoms. The maximum absolute atomic E-state index is 11.8. The van der Waals surface area contributed by atoms with Gasteiger partial charge in [-0.2, -0.15) is 11.8 Å². The minimum atomic E-state index is -0.504. The molecule has 0 atom stereocenters. The van der Waals surface area contributed by atoms with Gasteiger partial charge in [0.15, 0.2) is 5.96 Å². The number of guanidine groups is 1. The van der Waals surface area contributed by atoms with Gasteiger partial charge >= 0.3 is 6.09 Å². The number of hydrogen-bond acceptors (Lipinski definition) is 4. The van der Waals surface area contributed by atoms with Crippen LogP contribution in [0.2, 0.25) is 0 Å². The summed E-state index contributed by atoms with van der Waals surface area (Å²) in [5, 5.41) is 9.40. The average Bonchev–Trinajstić information content (AvgIpc) is 2.61. The Morgan fingerprint density at radius 1 is 1.14 bits per heavy atom. The van der Waals surface area contributed by atoms with Crippen LogP contribution in [0, 0.1) is 0 Å². The molecule has 1 aromatic carbocycles. The van der Waals surface area contributed by atoms with Crippen molar-refractivity contribution in [1.82, 2.24) is 10.6 Å². The normalized spacial score (nSPS) is 11.4. The largest absolute Gasteiger partial charge is 0.444 e. The standard InChI is InChI=1S/C21H36N4O2S.HI/c1-6-22-19(23-14-7-8-16-28-5)24-15-13-17-9-11-18(12-10-17)25-20(26)27-21(2,3)4;/h9-12H,6-8,13-16H2,1-5H3,(H,25,26)(H2,22,23,24);1H. The van der Waals surface area contributed by atoms with E-state index in [0.29, 0.717) is 0 Å². The molecule has 0 saturated carbocycles. The molecule has 6 nitrogen and oxygen atoms in total. The summed E-state index contributed by atoms with van der Waals surface area (Å²) in [6.45, 7) is 10.1. The van der Waals surface area contributed by atoms with Crippen LogP contribution in [-0.4, -0.2) is 49.3 Å². The van der Waals surface area contributed by atoms with Crippen molar-refractivity contribution >= 4 is 53.5 Å². The molecule has 0 spiro atoms. The van der Waals surface area contributed by atoms with Crippen LogP contribution in [0.1, 0.15) is 46.1 Å². The van der Waals surface area contributed by atoms with Gasteiger partial charge in [-0.3, -0.25) is 10.3 Å². The number of carbonyl (C=O) groups is 1. The number of amides is 1. The van der Waals surface area contributed by atoms with Crippen LogP contribution in [0.5, 0.6) is 0 Å². The first-order valence-corrected chi connectivity index (χ1v) is 11.3. The number of ether oxygens (including phenoxy) is 1. The second-order valence-electron chi connectivity index (χ2n) is 7.46. The highest BCUT2D eigenvalue weighted by Gasteiger charge is 2.16. The Hall–Kier alpha value is -1.16. The number of thioether (sulfide) groups is 1. The van der Waals surface area contributed by atoms with E-state index in [1.165, 1.54) is 17.7 Å². The maximum Gasteiger partial charge on any atom is 0.412 e. The molecule has 0 radical (unpaired) electrons. The Morgan fingerprint density at radius 3 is 2.41 bits per heavy atom. The SMILES string of the molecule is CCNC(=NCCCCSC)NCCc1ccc(NC(=O)OC(C)(C)C)cc1.I. The van der Waals surface area contributed by atoms with Crippen LogP contribution in [0.3, 0.4) is 0 Å². The molecular formula is C21H37IN4O2S. The first-order chi connectivity index (χ1) is 13.3. The third-order valence-electron chi connectivity index (χ3n) is 3.68. The average molecular weight is 537 g/mol. The Labute approximate surface area is 197 Å². The summed E-state index contributed by atoms with van der Waals surface area (Å²) in [5.41, 5.74) is 1.42. The van der Waals surface area contributed by atoms with Crippen molar-refractivity contribution in [3.8, 4) is 0 Å². The number of unbranched alkanes of at least 4 members (excludes halogenated alkanes) is 1. The van der Waals surface area contributed by atoms with E-state index in [-0.39, 0.29) is 24.0 Å². The number of hydrogen-bond donors (Lipinski definition) is 3. The smallest absolute Gasteiger partial charge is 0.412 e. The topological polar surface area (TPSA) is 74.8 Å². The minimum absolute atomic E-state index is 0. The molecule has 1 amide bonds. The first kappa shape index (κ1) is 27.8. The van der Waals surface area contributed by atoms with Crippen LogP contribution in [0.4, 0.5) is 10.5 Å². The molecule has 0 aliphatic rings. The van der Waals surface area contributed by atoms with Crippen LogP contribution in [-0.2, 0) is 11.2 Å². The van der Waals surface area contributed by atoms with Crippen molar-refractivity contribution < 1.29 is 9.53 Å². The van der Waals surface area contributed by atoms with Gasteiger partial charge in [0.25, 0.3) is 0 Å². The molecular weight excluding hydrogens is 499 g/mol. The maximum atomic E-state index is 11.8. The van der Waals surface area contributed by atoms with Crippen molar-refractivity contribution in [2.45, 2.75) is 52.6 Å². The molecule has 0 aliphatic carbocycles. The molecule has 0 bridgehead atoms. The Bertz CT molecular complexity index is 604. The highest BCUT2D eigenvalue weighted by Crippen LogP contribution is 2.13. The molecule has 0 heterocycles. The highest BCUT2D eigenvalue weighted by molar-refractivity contribution is 14.0. The second kappa shape index (κ2) is 15.6. The van der Waals surface area contributed by atoms with E-state index >= 15 is 0 Å². The number of nitrogens with zero attached hydrogens (tertiary/aromatic N) is 1. The molecule has 8 heteroatoms. The lowest BCUT2D eigenvalue weighted by atomic mass is 10.1. The van der Waals surface area contributed by atoms with E-state index in [2.05, 4.69) is 34.1 Å². The Kier molecular flexibility index (Phi) is 15.0. The summed E-state index contributed by atoms with van der Waals surface area (Å²) < 4.78 is 5.26. The fraction of sp³-hybridized carbons (Fsp3) is 0.619. The number of halogens is 1. The highest BCUT2D eigenvalue weighted by atomic mass is 127. The predicted molar refractivity (Wildman–Crippen MR) is 137 cm³/mol. The fourth-order valence-corrected chi connectivity index (χ4v) is 2.89. The van der Waals surface area contributed by atoms with Crippen molar-refractivity contribution in [2.75, 3.05) is 37.0 Å². The molecule has 0 unspecified atom stereocenters. The molecule has 3 N–H and O–H groups in total. The zero-order valence-corrected chi connectivity index (χ0v) is 21.5. The van der Waals surface area contributed by atoms with Crippen molar-refractivity contribution in [3.63, 3.8) is 0 Å². The number of benzene rings is 1. The number of aliphatic imine (C=N–C) groups is 1. The third kappa shape index (κ3) is 14.5. The van der Waals surface area contributed by atoms with Crippen LogP contribution in [0.25, 0.3) is 0 Å². The van der Waals surface area contributed by atoms with Gasteiger partial charge in [0.05, 0.1) is 0 Å². The van der Waals surface area contributed by atoms with Crippen LogP contribution >= 0.6 is 35.7 Å². The summed E-state index contributed by atoms with van der Waals surface area (Å²) in [6, 6.07) is 7.82. The molecule has 1 rings (SSSR count). The van der Waals surface area contributed by atoms with E-state index in [1.807, 2.05) is 56.8 Å². The Morgan fingerprint density at radius 2 is 1.83 bits per heavy atom. The molecule has 0 aliphatic heterocycles. The van der Waals surface area contributed by atoms with Crippen molar-refractivity contribution in [2.24, 2.45) is 4.99 Å². The van der Waals surface area contributed by atoms with Gasteiger partial charge in [0, 0.05) is 25.3 Å². The summed E-state index contributed by atoms with van der Waals surface area (Å²) in [5.74, 6) is 2.06. The van der Waals surface area contributed by atoms with Gasteiger partial charge in [-0.25, -0.2) is 4.79 Å². The number of rotatable bonds is 10. The number of nitrogens with one attached hydrogen (secondary N) is 3. The predicted octanol–water partition coefficient (Wildman–Crippen LogP) is 4.89. The lowest BCUT2D eigenvalue weighted by Crippen LogP contribution is -2.38. The first-order valence-electron chi connectivity index (χ1n) is 9.94. The van der Waals surface area contributed by atoms with E-state index in [0.717, 1.165) is 44.1 Å². The number of carbonyl (C=O) groups excluding carboxylic acids is 1. The molecule has 0 fully saturated rings. The zero-order chi connectivity index (χ0) is 20.8. The summed E-state index contributed by atoms with van der Waals surface area (Å²) in [7, 11) is 0. The third-order valence-corrected chi connectivity index (χ3v) is 4.37. The Balaban J connectivity index is 0.00000784. The van der Waals surface area contributed by atoms with Gasteiger partial charge < -0.3 is 15.4 Å². The second-order valence-corrected chi connectivity index (χ2v) is 8.45. The van der Waals surface area contributed by atoms with E-state index in [4.69, 9.17) is 4.74 Å². The van der Waals surface area contributed by atoms with E-state index < -0.39 is 11.7 Å². The number of anilines is 1. The van der Waals surface area contributed by atoms with Gasteiger partial charge in [-0.15, -0.1) is 24.0 Å². The van der Waals surface area contributed by atoms with Gasteiger partial charge in [-0.1, -0.05) is 12.1 Å². The monoisotopic (exact) mass is 536 g/mol. The molecule has 1 aromatic rings. The van der Waals surface area contributed by atoms with Gasteiger partial charge in [-0.05, 0) is 76.7 Å². The van der Waals surface area contributed by atoms with Gasteiger partial charge in [0.2, 0.25) is 0 Å². The van der Waals surface area contributed by atoms with Crippen molar-refractivity contribution in [3.05, 3.63) is 29.8 Å². The zero-order valence-electron chi connectivity index (χ0n) is 18.3. The molecule has 0 saturated heterocycles. The van der Waals surface area contributed by atoms with E-state index in [1.54, 1.807) is 0 Å². The lowest BCUT2D eigenvalue weighted by molar-refractivity contribution is 0.0636. The quantitative estimate of drug-likeness (QED) is 0.172. The van der Waals surface area contributed by atoms with Crippen molar-refractivity contribution in [1.29, 1.82) is 0 Å². The van der Waals surface area contributed by atoms with Crippen LogP contribution < -0.4 is 16.0 Å².